The lowest BCUT2D eigenvalue weighted by Crippen LogP contribution is -2.30. The van der Waals surface area contributed by atoms with Gasteiger partial charge in [0.1, 0.15) is 23.0 Å². The molecule has 0 aromatic heterocycles. The van der Waals surface area contributed by atoms with Crippen molar-refractivity contribution in [3.05, 3.63) is 58.1 Å². The molecule has 0 saturated carbocycles. The number of rotatable bonds is 9. The van der Waals surface area contributed by atoms with E-state index < -0.39 is 17.7 Å². The number of unbranched alkanes of at least 4 members (excludes halogenated alkanes) is 2. The van der Waals surface area contributed by atoms with Crippen molar-refractivity contribution in [3.63, 3.8) is 0 Å². The Morgan fingerprint density at radius 1 is 1.00 bits per heavy atom. The molecule has 1 amide bonds. The number of hydrogen-bond acceptors (Lipinski definition) is 6. The Bertz CT molecular complexity index is 1080. The highest BCUT2D eigenvalue weighted by Crippen LogP contribution is 2.45. The quantitative estimate of drug-likeness (QED) is 0.239. The molecule has 1 aliphatic rings. The molecule has 1 N–H and O–H groups in total. The Hall–Kier alpha value is -3.19. The van der Waals surface area contributed by atoms with Crippen LogP contribution in [0, 0.1) is 0 Å². The van der Waals surface area contributed by atoms with Crippen LogP contribution in [0.4, 0.5) is 0 Å². The third-order valence-electron chi connectivity index (χ3n) is 5.71. The van der Waals surface area contributed by atoms with E-state index in [0.29, 0.717) is 23.6 Å². The molecule has 0 bridgehead atoms. The zero-order chi connectivity index (χ0) is 24.1. The van der Waals surface area contributed by atoms with Gasteiger partial charge in [-0.05, 0) is 18.6 Å². The Morgan fingerprint density at radius 2 is 1.67 bits per heavy atom. The van der Waals surface area contributed by atoms with E-state index >= 15 is 0 Å². The number of benzene rings is 2. The fraction of sp³-hybridized carbons (Fsp3) is 0.360. The number of nitrogens with zero attached hydrogens (tertiary/aromatic N) is 1. The molecule has 0 spiro atoms. The van der Waals surface area contributed by atoms with Gasteiger partial charge in [0.2, 0.25) is 0 Å². The van der Waals surface area contributed by atoms with E-state index in [2.05, 4.69) is 6.92 Å². The van der Waals surface area contributed by atoms with E-state index in [0.717, 1.165) is 19.3 Å². The van der Waals surface area contributed by atoms with Crippen molar-refractivity contribution < 1.29 is 28.9 Å². The third-order valence-corrected chi connectivity index (χ3v) is 6.00. The van der Waals surface area contributed by atoms with Crippen molar-refractivity contribution in [2.24, 2.45) is 0 Å². The molecule has 7 nitrogen and oxygen atoms in total. The summed E-state index contributed by atoms with van der Waals surface area (Å²) in [5, 5.41) is 11.6. The molecule has 176 valence electrons. The second-order valence-electron chi connectivity index (χ2n) is 7.63. The number of halogens is 1. The minimum atomic E-state index is -0.816. The maximum absolute atomic E-state index is 13.2. The van der Waals surface area contributed by atoms with Gasteiger partial charge in [0.05, 0.1) is 43.5 Å². The van der Waals surface area contributed by atoms with E-state index in [1.807, 2.05) is 0 Å². The number of Topliss-reactive ketones (excluding diaryl/α,β-unsaturated/α-hetero) is 1. The molecule has 0 radical (unpaired) electrons. The smallest absolute Gasteiger partial charge is 0.295 e. The molecule has 1 aliphatic heterocycles. The fourth-order valence-electron chi connectivity index (χ4n) is 4.05. The van der Waals surface area contributed by atoms with Crippen molar-refractivity contribution in [2.75, 3.05) is 27.9 Å². The first kappa shape index (κ1) is 24.5. The van der Waals surface area contributed by atoms with Crippen LogP contribution >= 0.6 is 11.6 Å². The Balaban J connectivity index is 2.25. The number of aliphatic hydroxyl groups is 1. The Kier molecular flexibility index (Phi) is 7.87. The van der Waals surface area contributed by atoms with Crippen molar-refractivity contribution >= 4 is 29.1 Å². The summed E-state index contributed by atoms with van der Waals surface area (Å²) < 4.78 is 16.1. The van der Waals surface area contributed by atoms with Crippen LogP contribution in [-0.4, -0.2) is 49.6 Å². The molecule has 1 heterocycles. The van der Waals surface area contributed by atoms with Gasteiger partial charge in [0, 0.05) is 18.2 Å². The lowest BCUT2D eigenvalue weighted by Gasteiger charge is -2.26. The van der Waals surface area contributed by atoms with Gasteiger partial charge in [0.25, 0.3) is 11.7 Å². The lowest BCUT2D eigenvalue weighted by molar-refractivity contribution is -0.139. The molecule has 8 heteroatoms. The van der Waals surface area contributed by atoms with Crippen molar-refractivity contribution in [1.29, 1.82) is 0 Å². The number of aliphatic hydroxyl groups excluding tert-OH is 1. The van der Waals surface area contributed by atoms with Crippen LogP contribution < -0.4 is 14.2 Å². The molecular weight excluding hydrogens is 446 g/mol. The lowest BCUT2D eigenvalue weighted by atomic mass is 9.94. The predicted octanol–water partition coefficient (Wildman–Crippen LogP) is 4.98. The molecule has 3 rings (SSSR count). The average Bonchev–Trinajstić information content (AvgIpc) is 3.08. The van der Waals surface area contributed by atoms with Gasteiger partial charge < -0.3 is 24.2 Å². The number of carbonyl (C=O) groups excluding carboxylic acids is 2. The van der Waals surface area contributed by atoms with Crippen molar-refractivity contribution in [2.45, 2.75) is 32.2 Å². The molecule has 1 fully saturated rings. The number of ketones is 1. The zero-order valence-electron chi connectivity index (χ0n) is 19.2. The summed E-state index contributed by atoms with van der Waals surface area (Å²) in [6.07, 6.45) is 2.60. The van der Waals surface area contributed by atoms with E-state index in [1.54, 1.807) is 24.3 Å². The normalized spacial score (nSPS) is 17.4. The first-order chi connectivity index (χ1) is 15.9. The average molecular weight is 474 g/mol. The summed E-state index contributed by atoms with van der Waals surface area (Å²) >= 11 is 6.29. The molecule has 1 unspecified atom stereocenters. The molecule has 33 heavy (non-hydrogen) atoms. The van der Waals surface area contributed by atoms with Gasteiger partial charge >= 0.3 is 0 Å². The third kappa shape index (κ3) is 4.64. The van der Waals surface area contributed by atoms with Gasteiger partial charge in [-0.25, -0.2) is 0 Å². The van der Waals surface area contributed by atoms with Gasteiger partial charge in [-0.3, -0.25) is 9.59 Å². The highest BCUT2D eigenvalue weighted by molar-refractivity contribution is 6.46. The van der Waals surface area contributed by atoms with Crippen LogP contribution in [0.25, 0.3) is 5.76 Å². The van der Waals surface area contributed by atoms with Crippen LogP contribution in [0.2, 0.25) is 5.02 Å². The summed E-state index contributed by atoms with van der Waals surface area (Å²) in [6.45, 7) is 2.43. The number of carbonyl (C=O) groups is 2. The topological polar surface area (TPSA) is 85.3 Å². The number of ether oxygens (including phenoxy) is 3. The van der Waals surface area contributed by atoms with Crippen molar-refractivity contribution in [1.82, 2.24) is 4.90 Å². The molecule has 2 aromatic carbocycles. The number of hydrogen-bond donors (Lipinski definition) is 1. The highest BCUT2D eigenvalue weighted by atomic mass is 35.5. The highest BCUT2D eigenvalue weighted by Gasteiger charge is 2.47. The minimum Gasteiger partial charge on any atom is -0.507 e. The van der Waals surface area contributed by atoms with Gasteiger partial charge in [-0.1, -0.05) is 49.6 Å². The van der Waals surface area contributed by atoms with Crippen LogP contribution in [0.1, 0.15) is 43.4 Å². The molecule has 1 saturated heterocycles. The monoisotopic (exact) mass is 473 g/mol. The maximum Gasteiger partial charge on any atom is 0.295 e. The predicted molar refractivity (Wildman–Crippen MR) is 126 cm³/mol. The molecule has 0 aliphatic carbocycles. The summed E-state index contributed by atoms with van der Waals surface area (Å²) in [6, 6.07) is 9.31. The second kappa shape index (κ2) is 10.6. The number of likely N-dealkylation sites (tertiary alicyclic amines) is 1. The van der Waals surface area contributed by atoms with Crippen molar-refractivity contribution in [3.8, 4) is 17.2 Å². The summed E-state index contributed by atoms with van der Waals surface area (Å²) in [5.74, 6) is -0.689. The maximum atomic E-state index is 13.2. The van der Waals surface area contributed by atoms with E-state index in [4.69, 9.17) is 25.8 Å². The van der Waals surface area contributed by atoms with Crippen LogP contribution in [0.15, 0.2) is 42.0 Å². The summed E-state index contributed by atoms with van der Waals surface area (Å²) in [4.78, 5) is 27.8. The van der Waals surface area contributed by atoms with Crippen LogP contribution in [-0.2, 0) is 9.59 Å². The largest absolute Gasteiger partial charge is 0.507 e. The number of para-hydroxylation sites is 1. The minimum absolute atomic E-state index is 0.0412. The first-order valence-corrected chi connectivity index (χ1v) is 11.1. The first-order valence-electron chi connectivity index (χ1n) is 10.7. The Labute approximate surface area is 198 Å². The Morgan fingerprint density at radius 3 is 2.30 bits per heavy atom. The van der Waals surface area contributed by atoms with Crippen LogP contribution in [0.5, 0.6) is 17.2 Å². The summed E-state index contributed by atoms with van der Waals surface area (Å²) in [7, 11) is 4.42. The standard InChI is InChI=1S/C25H28ClNO6/c1-5-6-9-12-27-22(15-10-7-8-11-18(15)31-2)21(24(29)25(27)30)23(28)16-13-17(26)20(33-4)14-19(16)32-3/h7-8,10-11,13-14,22,28H,5-6,9,12H2,1-4H3/b23-21+. The molecular formula is C25H28ClNO6. The second-order valence-corrected chi connectivity index (χ2v) is 8.04. The SMILES string of the molecule is CCCCCN1C(=O)C(=O)/C(=C(/O)c2cc(Cl)c(OC)cc2OC)C1c1ccccc1OC. The fourth-order valence-corrected chi connectivity index (χ4v) is 4.29. The molecule has 1 atom stereocenters. The van der Waals surface area contributed by atoms with Crippen LogP contribution in [0.3, 0.4) is 0 Å². The van der Waals surface area contributed by atoms with Gasteiger partial charge in [0.15, 0.2) is 0 Å². The van der Waals surface area contributed by atoms with E-state index in [9.17, 15) is 14.7 Å². The molecule has 2 aromatic rings. The van der Waals surface area contributed by atoms with Gasteiger partial charge in [-0.15, -0.1) is 0 Å². The number of methoxy groups -OCH3 is 3. The van der Waals surface area contributed by atoms with E-state index in [-0.39, 0.29) is 27.7 Å². The number of amides is 1. The zero-order valence-corrected chi connectivity index (χ0v) is 19.9. The van der Waals surface area contributed by atoms with E-state index in [1.165, 1.54) is 38.4 Å². The summed E-state index contributed by atoms with van der Waals surface area (Å²) in [5.41, 5.74) is 0.756. The van der Waals surface area contributed by atoms with Gasteiger partial charge in [-0.2, -0.15) is 0 Å².